The average Bonchev–Trinajstić information content (AvgIpc) is 2.62. The van der Waals surface area contributed by atoms with Crippen LogP contribution < -0.4 is 0 Å². The van der Waals surface area contributed by atoms with Gasteiger partial charge in [0.15, 0.2) is 0 Å². The summed E-state index contributed by atoms with van der Waals surface area (Å²) in [6.07, 6.45) is 7.08. The molecule has 2 heteroatoms. The van der Waals surface area contributed by atoms with Gasteiger partial charge in [0, 0.05) is 13.1 Å². The molecule has 0 aromatic rings. The number of fused-ring (bicyclic) bond motifs is 1. The summed E-state index contributed by atoms with van der Waals surface area (Å²) in [4.78, 5) is 2.19. The van der Waals surface area contributed by atoms with Crippen molar-refractivity contribution in [3.8, 4) is 0 Å². The van der Waals surface area contributed by atoms with E-state index in [-0.39, 0.29) is 0 Å². The Morgan fingerprint density at radius 2 is 1.80 bits per heavy atom. The van der Waals surface area contributed by atoms with Gasteiger partial charge in [0.2, 0.25) is 0 Å². The van der Waals surface area contributed by atoms with E-state index < -0.39 is 0 Å². The highest BCUT2D eigenvalue weighted by molar-refractivity contribution is 5.76. The van der Waals surface area contributed by atoms with Crippen molar-refractivity contribution in [2.75, 3.05) is 7.05 Å². The summed E-state index contributed by atoms with van der Waals surface area (Å²) in [7, 11) is 2.10. The number of nitrogens with one attached hydrogen (secondary N) is 1. The zero-order valence-corrected chi connectivity index (χ0v) is 10.3. The standard InChI is InChI=1S/C13H24N2/c1-9-7-11-5-4-6-12(11)8-13(9)15(3)10(2)14/h9,11-14H,4-8H2,1-3H3. The van der Waals surface area contributed by atoms with Gasteiger partial charge in [-0.2, -0.15) is 0 Å². The van der Waals surface area contributed by atoms with Crippen LogP contribution in [0.1, 0.15) is 46.0 Å². The summed E-state index contributed by atoms with van der Waals surface area (Å²) in [5, 5.41) is 7.74. The summed E-state index contributed by atoms with van der Waals surface area (Å²) < 4.78 is 0. The van der Waals surface area contributed by atoms with Gasteiger partial charge >= 0.3 is 0 Å². The van der Waals surface area contributed by atoms with Crippen LogP contribution >= 0.6 is 0 Å². The SMILES string of the molecule is CC(=N)N(C)C1CC2CCCC2CC1C. The third-order valence-electron chi connectivity index (χ3n) is 4.72. The van der Waals surface area contributed by atoms with Gasteiger partial charge in [-0.25, -0.2) is 0 Å². The van der Waals surface area contributed by atoms with E-state index in [9.17, 15) is 0 Å². The van der Waals surface area contributed by atoms with Crippen LogP contribution in [0.25, 0.3) is 0 Å². The molecular weight excluding hydrogens is 184 g/mol. The van der Waals surface area contributed by atoms with Crippen LogP contribution in [0.2, 0.25) is 0 Å². The normalized spacial score (nSPS) is 39.9. The van der Waals surface area contributed by atoms with E-state index >= 15 is 0 Å². The smallest absolute Gasteiger partial charge is 0.0925 e. The topological polar surface area (TPSA) is 27.1 Å². The second kappa shape index (κ2) is 4.15. The molecule has 15 heavy (non-hydrogen) atoms. The van der Waals surface area contributed by atoms with Crippen molar-refractivity contribution in [1.29, 1.82) is 5.41 Å². The molecule has 4 unspecified atom stereocenters. The molecule has 0 aliphatic heterocycles. The molecule has 0 aromatic carbocycles. The Kier molecular flexibility index (Phi) is 3.03. The Morgan fingerprint density at radius 3 is 2.40 bits per heavy atom. The lowest BCUT2D eigenvalue weighted by Crippen LogP contribution is -2.44. The van der Waals surface area contributed by atoms with Crippen LogP contribution in [0.15, 0.2) is 0 Å². The molecule has 0 bridgehead atoms. The van der Waals surface area contributed by atoms with Gasteiger partial charge < -0.3 is 4.90 Å². The van der Waals surface area contributed by atoms with Gasteiger partial charge in [0.25, 0.3) is 0 Å². The minimum atomic E-state index is 0.627. The lowest BCUT2D eigenvalue weighted by atomic mass is 9.73. The molecule has 0 amide bonds. The van der Waals surface area contributed by atoms with E-state index in [0.29, 0.717) is 6.04 Å². The molecule has 2 aliphatic carbocycles. The van der Waals surface area contributed by atoms with Crippen LogP contribution in [-0.4, -0.2) is 23.8 Å². The van der Waals surface area contributed by atoms with Gasteiger partial charge in [-0.05, 0) is 37.5 Å². The van der Waals surface area contributed by atoms with Crippen LogP contribution in [0.4, 0.5) is 0 Å². The molecule has 0 heterocycles. The Labute approximate surface area is 93.6 Å². The van der Waals surface area contributed by atoms with Crippen LogP contribution in [0.5, 0.6) is 0 Å². The first kappa shape index (κ1) is 11.0. The summed E-state index contributed by atoms with van der Waals surface area (Å²) in [5.41, 5.74) is 0. The third kappa shape index (κ3) is 2.04. The third-order valence-corrected chi connectivity index (χ3v) is 4.72. The fraction of sp³-hybridized carbons (Fsp3) is 0.923. The molecule has 86 valence electrons. The number of hydrogen-bond donors (Lipinski definition) is 1. The lowest BCUT2D eigenvalue weighted by Gasteiger charge is -2.42. The van der Waals surface area contributed by atoms with Crippen molar-refractivity contribution >= 4 is 5.84 Å². The highest BCUT2D eigenvalue weighted by Crippen LogP contribution is 2.45. The van der Waals surface area contributed by atoms with Crippen LogP contribution in [0.3, 0.4) is 0 Å². The monoisotopic (exact) mass is 208 g/mol. The van der Waals surface area contributed by atoms with Crippen molar-refractivity contribution in [3.63, 3.8) is 0 Å². The maximum atomic E-state index is 7.74. The maximum Gasteiger partial charge on any atom is 0.0925 e. The zero-order chi connectivity index (χ0) is 11.0. The molecule has 2 aliphatic rings. The molecule has 0 spiro atoms. The molecule has 2 nitrogen and oxygen atoms in total. The van der Waals surface area contributed by atoms with Crippen molar-refractivity contribution in [1.82, 2.24) is 4.90 Å². The second-order valence-electron chi connectivity index (χ2n) is 5.66. The van der Waals surface area contributed by atoms with Gasteiger partial charge in [-0.1, -0.05) is 26.2 Å². The molecular formula is C13H24N2. The van der Waals surface area contributed by atoms with E-state index in [0.717, 1.165) is 23.6 Å². The molecule has 2 saturated carbocycles. The highest BCUT2D eigenvalue weighted by atomic mass is 15.2. The predicted molar refractivity (Wildman–Crippen MR) is 64.2 cm³/mol. The fourth-order valence-corrected chi connectivity index (χ4v) is 3.70. The maximum absolute atomic E-state index is 7.74. The number of amidine groups is 1. The molecule has 0 radical (unpaired) electrons. The number of nitrogens with zero attached hydrogens (tertiary/aromatic N) is 1. The first-order valence-electron chi connectivity index (χ1n) is 6.37. The van der Waals surface area contributed by atoms with E-state index in [1.165, 1.54) is 32.1 Å². The molecule has 0 aromatic heterocycles. The lowest BCUT2D eigenvalue weighted by molar-refractivity contribution is 0.122. The highest BCUT2D eigenvalue weighted by Gasteiger charge is 2.39. The largest absolute Gasteiger partial charge is 0.361 e. The first-order chi connectivity index (χ1) is 7.09. The van der Waals surface area contributed by atoms with Crippen molar-refractivity contribution < 1.29 is 0 Å². The van der Waals surface area contributed by atoms with Crippen molar-refractivity contribution in [2.24, 2.45) is 17.8 Å². The van der Waals surface area contributed by atoms with Gasteiger partial charge in [-0.15, -0.1) is 0 Å². The van der Waals surface area contributed by atoms with Crippen LogP contribution in [-0.2, 0) is 0 Å². The summed E-state index contributed by atoms with van der Waals surface area (Å²) in [5.74, 6) is 3.47. The van der Waals surface area contributed by atoms with Crippen LogP contribution in [0, 0.1) is 23.2 Å². The summed E-state index contributed by atoms with van der Waals surface area (Å²) >= 11 is 0. The minimum absolute atomic E-state index is 0.627. The number of hydrogen-bond acceptors (Lipinski definition) is 1. The zero-order valence-electron chi connectivity index (χ0n) is 10.3. The Balaban J connectivity index is 2.03. The van der Waals surface area contributed by atoms with Crippen molar-refractivity contribution in [3.05, 3.63) is 0 Å². The molecule has 4 atom stereocenters. The molecule has 1 N–H and O–H groups in total. The van der Waals surface area contributed by atoms with Crippen molar-refractivity contribution in [2.45, 2.75) is 52.0 Å². The van der Waals surface area contributed by atoms with Gasteiger partial charge in [-0.3, -0.25) is 5.41 Å². The quantitative estimate of drug-likeness (QED) is 0.520. The second-order valence-corrected chi connectivity index (χ2v) is 5.66. The molecule has 0 saturated heterocycles. The average molecular weight is 208 g/mol. The first-order valence-corrected chi connectivity index (χ1v) is 6.37. The summed E-state index contributed by atoms with van der Waals surface area (Å²) in [6, 6.07) is 0.627. The van der Waals surface area contributed by atoms with E-state index in [1.807, 2.05) is 6.92 Å². The fourth-order valence-electron chi connectivity index (χ4n) is 3.70. The predicted octanol–water partition coefficient (Wildman–Crippen LogP) is 3.13. The Bertz CT molecular complexity index is 249. The van der Waals surface area contributed by atoms with E-state index in [1.54, 1.807) is 0 Å². The van der Waals surface area contributed by atoms with E-state index in [2.05, 4.69) is 18.9 Å². The minimum Gasteiger partial charge on any atom is -0.361 e. The Morgan fingerprint density at radius 1 is 1.20 bits per heavy atom. The molecule has 2 fully saturated rings. The number of rotatable bonds is 1. The molecule has 2 rings (SSSR count). The van der Waals surface area contributed by atoms with E-state index in [4.69, 9.17) is 5.41 Å². The Hall–Kier alpha value is -0.530. The summed E-state index contributed by atoms with van der Waals surface area (Å²) in [6.45, 7) is 4.28. The van der Waals surface area contributed by atoms with Gasteiger partial charge in [0.05, 0.1) is 5.84 Å². The van der Waals surface area contributed by atoms with Gasteiger partial charge in [0.1, 0.15) is 0 Å².